The highest BCUT2D eigenvalue weighted by atomic mass is 32.2. The lowest BCUT2D eigenvalue weighted by molar-refractivity contribution is -0.136. The van der Waals surface area contributed by atoms with Crippen molar-refractivity contribution in [3.8, 4) is 10.7 Å². The molecule has 1 aromatic carbocycles. The van der Waals surface area contributed by atoms with E-state index in [0.29, 0.717) is 66.9 Å². The molecule has 39 heavy (non-hydrogen) atoms. The van der Waals surface area contributed by atoms with E-state index < -0.39 is 27.1 Å². The molecule has 3 aromatic rings. The van der Waals surface area contributed by atoms with Crippen molar-refractivity contribution in [1.29, 1.82) is 0 Å². The van der Waals surface area contributed by atoms with E-state index in [1.165, 1.54) is 6.07 Å². The Morgan fingerprint density at radius 1 is 1.15 bits per heavy atom. The molecule has 11 nitrogen and oxygen atoms in total. The third-order valence-electron chi connectivity index (χ3n) is 7.72. The molecule has 15 heteroatoms. The van der Waals surface area contributed by atoms with Gasteiger partial charge in [0.15, 0.2) is 10.0 Å². The molecule has 0 unspecified atom stereocenters. The lowest BCUT2D eigenvalue weighted by Crippen LogP contribution is -2.50. The number of hydrogen-bond acceptors (Lipinski definition) is 8. The minimum absolute atomic E-state index is 0.0585. The van der Waals surface area contributed by atoms with E-state index in [2.05, 4.69) is 24.9 Å². The van der Waals surface area contributed by atoms with Gasteiger partial charge in [-0.1, -0.05) is 18.3 Å². The van der Waals surface area contributed by atoms with Crippen LogP contribution >= 0.6 is 11.3 Å². The molecule has 6 rings (SSSR count). The summed E-state index contributed by atoms with van der Waals surface area (Å²) in [4.78, 5) is 20.1. The van der Waals surface area contributed by atoms with Crippen LogP contribution in [0.25, 0.3) is 26.4 Å². The van der Waals surface area contributed by atoms with Gasteiger partial charge in [-0.2, -0.15) is 5.10 Å². The standard InChI is InChI=1S/C24H26F2N8O3S2/c1-23(4-5-23)22(35)34-10-8-33(9-11-34)16-13-14(39(36,37)31-24(27-2)6-7-24)12-15-17(30-32(3)18(15)16)20-28-29-21(38-20)19(25)26/h12-13,19,31H,4-11H2,1,3H3. The molecule has 0 radical (unpaired) electrons. The van der Waals surface area contributed by atoms with Gasteiger partial charge >= 0.3 is 0 Å². The molecule has 2 aromatic heterocycles. The van der Waals surface area contributed by atoms with Gasteiger partial charge in [0.1, 0.15) is 5.69 Å². The number of aryl methyl sites for hydroxylation is 1. The van der Waals surface area contributed by atoms with Crippen molar-refractivity contribution in [3.63, 3.8) is 0 Å². The Morgan fingerprint density at radius 3 is 2.41 bits per heavy atom. The molecule has 2 saturated carbocycles. The highest BCUT2D eigenvalue weighted by Gasteiger charge is 2.54. The van der Waals surface area contributed by atoms with Gasteiger partial charge in [-0.3, -0.25) is 14.3 Å². The van der Waals surface area contributed by atoms with Crippen LogP contribution in [0.15, 0.2) is 17.0 Å². The highest BCUT2D eigenvalue weighted by Crippen LogP contribution is 2.47. The fraction of sp³-hybridized carbons (Fsp3) is 0.542. The molecule has 2 aliphatic carbocycles. The van der Waals surface area contributed by atoms with Crippen molar-refractivity contribution >= 4 is 43.9 Å². The molecule has 3 fully saturated rings. The lowest BCUT2D eigenvalue weighted by atomic mass is 10.1. The van der Waals surface area contributed by atoms with Crippen molar-refractivity contribution in [3.05, 3.63) is 28.6 Å². The molecule has 0 bridgehead atoms. The Bertz CT molecular complexity index is 1630. The topological polar surface area (TPSA) is 118 Å². The summed E-state index contributed by atoms with van der Waals surface area (Å²) in [6, 6.07) is 3.00. The number of hydrogen-bond donors (Lipinski definition) is 1. The Hall–Kier alpha value is -3.22. The molecule has 0 atom stereocenters. The minimum atomic E-state index is -4.10. The number of carbonyl (C=O) groups excluding carboxylic acids is 1. The number of halogens is 2. The van der Waals surface area contributed by atoms with Crippen LogP contribution in [0.2, 0.25) is 0 Å². The summed E-state index contributed by atoms with van der Waals surface area (Å²) in [5.41, 5.74) is 0.0364. The highest BCUT2D eigenvalue weighted by molar-refractivity contribution is 7.89. The number of rotatable bonds is 7. The molecular weight excluding hydrogens is 550 g/mol. The zero-order chi connectivity index (χ0) is 27.7. The Morgan fingerprint density at radius 2 is 1.85 bits per heavy atom. The van der Waals surface area contributed by atoms with Crippen molar-refractivity contribution in [2.75, 3.05) is 31.1 Å². The predicted octanol–water partition coefficient (Wildman–Crippen LogP) is 3.17. The van der Waals surface area contributed by atoms with Crippen LogP contribution in [0, 0.1) is 12.0 Å². The summed E-state index contributed by atoms with van der Waals surface area (Å²) in [6.07, 6.45) is -0.148. The van der Waals surface area contributed by atoms with Crippen molar-refractivity contribution in [2.24, 2.45) is 12.5 Å². The van der Waals surface area contributed by atoms with Gasteiger partial charge in [0.2, 0.25) is 15.9 Å². The maximum Gasteiger partial charge on any atom is 0.299 e. The number of fused-ring (bicyclic) bond motifs is 1. The normalized spacial score (nSPS) is 19.9. The van der Waals surface area contributed by atoms with Gasteiger partial charge in [-0.25, -0.2) is 23.8 Å². The van der Waals surface area contributed by atoms with Crippen LogP contribution in [0.5, 0.6) is 0 Å². The Kier molecular flexibility index (Phi) is 5.94. The number of carbonyl (C=O) groups is 1. The van der Waals surface area contributed by atoms with Gasteiger partial charge in [0, 0.05) is 44.0 Å². The number of benzene rings is 1. The quantitative estimate of drug-likeness (QED) is 0.430. The molecule has 0 spiro atoms. The molecule has 1 saturated heterocycles. The number of nitrogens with one attached hydrogen (secondary N) is 1. The summed E-state index contributed by atoms with van der Waals surface area (Å²) in [6.45, 7) is 11.3. The second-order valence-corrected chi connectivity index (χ2v) is 13.3. The fourth-order valence-electron chi connectivity index (χ4n) is 4.94. The van der Waals surface area contributed by atoms with E-state index in [4.69, 9.17) is 6.57 Å². The fourth-order valence-corrected chi connectivity index (χ4v) is 7.04. The molecule has 3 aliphatic rings. The van der Waals surface area contributed by atoms with Gasteiger partial charge < -0.3 is 9.80 Å². The van der Waals surface area contributed by atoms with Crippen LogP contribution in [-0.2, 0) is 21.9 Å². The average Bonchev–Trinajstić information content (AvgIpc) is 3.76. The number of nitrogens with zero attached hydrogens (tertiary/aromatic N) is 7. The molecule has 206 valence electrons. The number of piperazine rings is 1. The van der Waals surface area contributed by atoms with Crippen molar-refractivity contribution in [2.45, 2.75) is 49.6 Å². The molecule has 1 aliphatic heterocycles. The van der Waals surface area contributed by atoms with E-state index >= 15 is 0 Å². The van der Waals surface area contributed by atoms with Crippen LogP contribution in [-0.4, -0.2) is 71.0 Å². The number of aromatic nitrogens is 4. The van der Waals surface area contributed by atoms with Gasteiger partial charge in [0.25, 0.3) is 12.1 Å². The second kappa shape index (κ2) is 8.90. The minimum Gasteiger partial charge on any atom is -0.366 e. The summed E-state index contributed by atoms with van der Waals surface area (Å²) in [5.74, 6) is 0.149. The molecule has 3 heterocycles. The first-order valence-electron chi connectivity index (χ1n) is 12.5. The van der Waals surface area contributed by atoms with Gasteiger partial charge in [-0.05, 0) is 25.0 Å². The summed E-state index contributed by atoms with van der Waals surface area (Å²) in [7, 11) is -2.40. The zero-order valence-electron chi connectivity index (χ0n) is 21.3. The van der Waals surface area contributed by atoms with E-state index in [-0.39, 0.29) is 26.9 Å². The first-order chi connectivity index (χ1) is 18.5. The lowest BCUT2D eigenvalue weighted by Gasteiger charge is -2.37. The Labute approximate surface area is 227 Å². The summed E-state index contributed by atoms with van der Waals surface area (Å²) >= 11 is 0.702. The van der Waals surface area contributed by atoms with E-state index in [9.17, 15) is 22.0 Å². The maximum atomic E-state index is 13.5. The molecule has 1 amide bonds. The molecular formula is C24H26F2N8O3S2. The number of anilines is 1. The first-order valence-corrected chi connectivity index (χ1v) is 14.8. The summed E-state index contributed by atoms with van der Waals surface area (Å²) < 4.78 is 57.5. The van der Waals surface area contributed by atoms with E-state index in [1.807, 2.05) is 16.7 Å². The zero-order valence-corrected chi connectivity index (χ0v) is 22.9. The monoisotopic (exact) mass is 576 g/mol. The molecule has 1 N–H and O–H groups in total. The third-order valence-corrected chi connectivity index (χ3v) is 10.2. The van der Waals surface area contributed by atoms with Crippen LogP contribution in [0.4, 0.5) is 14.5 Å². The van der Waals surface area contributed by atoms with E-state index in [1.54, 1.807) is 17.8 Å². The maximum absolute atomic E-state index is 13.5. The van der Waals surface area contributed by atoms with Crippen LogP contribution < -0.4 is 9.62 Å². The smallest absolute Gasteiger partial charge is 0.299 e. The van der Waals surface area contributed by atoms with Gasteiger partial charge in [-0.15, -0.1) is 14.9 Å². The first kappa shape index (κ1) is 26.0. The average molecular weight is 577 g/mol. The van der Waals surface area contributed by atoms with Gasteiger partial charge in [0.05, 0.1) is 28.9 Å². The van der Waals surface area contributed by atoms with Crippen molar-refractivity contribution < 1.29 is 22.0 Å². The third kappa shape index (κ3) is 4.53. The Balaban J connectivity index is 1.43. The SMILES string of the molecule is [C-]#[N+]C1(NS(=O)(=O)c2cc(N3CCN(C(=O)C4(C)CC4)CC3)c3c(c2)c(-c2nnc(C(F)F)s2)nn3C)CC1. The van der Waals surface area contributed by atoms with E-state index in [0.717, 1.165) is 12.8 Å². The van der Waals surface area contributed by atoms with Crippen LogP contribution in [0.3, 0.4) is 0 Å². The number of sulfonamides is 1. The van der Waals surface area contributed by atoms with Crippen molar-refractivity contribution in [1.82, 2.24) is 29.6 Å². The summed E-state index contributed by atoms with van der Waals surface area (Å²) in [5, 5.41) is 12.1. The largest absolute Gasteiger partial charge is 0.366 e. The van der Waals surface area contributed by atoms with Crippen LogP contribution in [0.1, 0.15) is 44.0 Å². The number of alkyl halides is 2. The second-order valence-electron chi connectivity index (χ2n) is 10.6. The predicted molar refractivity (Wildman–Crippen MR) is 140 cm³/mol. The number of amides is 1.